The number of nitrogens with zero attached hydrogens (tertiary/aromatic N) is 2. The number of aromatic nitrogens is 2. The second-order valence-corrected chi connectivity index (χ2v) is 7.34. The van der Waals surface area contributed by atoms with E-state index in [1.165, 1.54) is 4.68 Å². The first kappa shape index (κ1) is 19.1. The standard InChI is InChI=1S/C21H22ClN3O2/c1-14(2)13-25-21(27)18-6-4-3-5-17(18)19(24-25)20(26)23-12-11-15-7-9-16(22)10-8-15/h3-10,14H,11-13H2,1-2H3,(H,23,26). The maximum Gasteiger partial charge on any atom is 0.274 e. The fourth-order valence-electron chi connectivity index (χ4n) is 2.93. The van der Waals surface area contributed by atoms with Crippen molar-refractivity contribution in [3.63, 3.8) is 0 Å². The largest absolute Gasteiger partial charge is 0.350 e. The van der Waals surface area contributed by atoms with Gasteiger partial charge in [0.2, 0.25) is 0 Å². The molecule has 0 aliphatic carbocycles. The van der Waals surface area contributed by atoms with Crippen molar-refractivity contribution in [3.8, 4) is 0 Å². The number of carbonyl (C=O) groups excluding carboxylic acids is 1. The van der Waals surface area contributed by atoms with E-state index >= 15 is 0 Å². The first-order valence-electron chi connectivity index (χ1n) is 8.98. The summed E-state index contributed by atoms with van der Waals surface area (Å²) in [6.45, 7) is 4.96. The Bertz CT molecular complexity index is 1010. The van der Waals surface area contributed by atoms with Gasteiger partial charge in [0.15, 0.2) is 5.69 Å². The zero-order valence-corrected chi connectivity index (χ0v) is 16.2. The number of carbonyl (C=O) groups is 1. The molecule has 0 bridgehead atoms. The molecule has 5 nitrogen and oxygen atoms in total. The fourth-order valence-corrected chi connectivity index (χ4v) is 3.05. The Morgan fingerprint density at radius 1 is 1.11 bits per heavy atom. The topological polar surface area (TPSA) is 64.0 Å². The fraction of sp³-hybridized carbons (Fsp3) is 0.286. The first-order chi connectivity index (χ1) is 13.0. The van der Waals surface area contributed by atoms with Crippen LogP contribution in [0.25, 0.3) is 10.8 Å². The third kappa shape index (κ3) is 4.55. The van der Waals surface area contributed by atoms with Crippen LogP contribution in [0.3, 0.4) is 0 Å². The molecule has 1 heterocycles. The predicted molar refractivity (Wildman–Crippen MR) is 108 cm³/mol. The highest BCUT2D eigenvalue weighted by Gasteiger charge is 2.16. The Morgan fingerprint density at radius 2 is 1.78 bits per heavy atom. The van der Waals surface area contributed by atoms with Gasteiger partial charge in [-0.25, -0.2) is 4.68 Å². The lowest BCUT2D eigenvalue weighted by atomic mass is 10.1. The van der Waals surface area contributed by atoms with Crippen molar-refractivity contribution in [1.29, 1.82) is 0 Å². The smallest absolute Gasteiger partial charge is 0.274 e. The first-order valence-corrected chi connectivity index (χ1v) is 9.36. The van der Waals surface area contributed by atoms with Gasteiger partial charge in [0.05, 0.1) is 5.39 Å². The average Bonchev–Trinajstić information content (AvgIpc) is 2.65. The minimum atomic E-state index is -0.280. The second-order valence-electron chi connectivity index (χ2n) is 6.91. The van der Waals surface area contributed by atoms with Crippen LogP contribution in [0.4, 0.5) is 0 Å². The molecule has 0 fully saturated rings. The van der Waals surface area contributed by atoms with Crippen LogP contribution in [0, 0.1) is 5.92 Å². The van der Waals surface area contributed by atoms with Crippen molar-refractivity contribution in [3.05, 3.63) is 75.2 Å². The van der Waals surface area contributed by atoms with E-state index < -0.39 is 0 Å². The Balaban J connectivity index is 1.83. The molecule has 0 atom stereocenters. The minimum Gasteiger partial charge on any atom is -0.350 e. The predicted octanol–water partition coefficient (Wildman–Crippen LogP) is 3.68. The molecule has 0 spiro atoms. The molecule has 3 aromatic rings. The number of hydrogen-bond donors (Lipinski definition) is 1. The van der Waals surface area contributed by atoms with E-state index in [2.05, 4.69) is 10.4 Å². The monoisotopic (exact) mass is 383 g/mol. The Hall–Kier alpha value is -2.66. The molecule has 0 saturated carbocycles. The van der Waals surface area contributed by atoms with Crippen LogP contribution in [0.2, 0.25) is 5.02 Å². The highest BCUT2D eigenvalue weighted by atomic mass is 35.5. The number of benzene rings is 2. The quantitative estimate of drug-likeness (QED) is 0.706. The maximum absolute atomic E-state index is 12.7. The third-order valence-corrected chi connectivity index (χ3v) is 4.49. The van der Waals surface area contributed by atoms with Gasteiger partial charge >= 0.3 is 0 Å². The number of halogens is 1. The van der Waals surface area contributed by atoms with Gasteiger partial charge in [-0.2, -0.15) is 5.10 Å². The molecule has 140 valence electrons. The molecule has 2 aromatic carbocycles. The van der Waals surface area contributed by atoms with Gasteiger partial charge in [0.1, 0.15) is 0 Å². The molecule has 0 aliphatic rings. The number of nitrogens with one attached hydrogen (secondary N) is 1. The third-order valence-electron chi connectivity index (χ3n) is 4.23. The van der Waals surface area contributed by atoms with Crippen LogP contribution >= 0.6 is 11.6 Å². The molecule has 0 unspecified atom stereocenters. The summed E-state index contributed by atoms with van der Waals surface area (Å²) in [5.41, 5.74) is 1.20. The van der Waals surface area contributed by atoms with Gasteiger partial charge in [-0.3, -0.25) is 9.59 Å². The molecule has 0 aliphatic heterocycles. The highest BCUT2D eigenvalue weighted by Crippen LogP contribution is 2.14. The van der Waals surface area contributed by atoms with Crippen LogP contribution in [0.1, 0.15) is 29.9 Å². The van der Waals surface area contributed by atoms with Gasteiger partial charge in [0, 0.05) is 23.5 Å². The van der Waals surface area contributed by atoms with E-state index in [0.717, 1.165) is 5.56 Å². The number of fused-ring (bicyclic) bond motifs is 1. The van der Waals surface area contributed by atoms with E-state index in [4.69, 9.17) is 11.6 Å². The zero-order valence-electron chi connectivity index (χ0n) is 15.4. The van der Waals surface area contributed by atoms with Crippen LogP contribution in [0.15, 0.2) is 53.3 Å². The number of hydrogen-bond acceptors (Lipinski definition) is 3. The van der Waals surface area contributed by atoms with Crippen molar-refractivity contribution >= 4 is 28.3 Å². The maximum atomic E-state index is 12.7. The van der Waals surface area contributed by atoms with Gasteiger partial charge in [-0.1, -0.05) is 55.8 Å². The summed E-state index contributed by atoms with van der Waals surface area (Å²) in [5.74, 6) is -0.0325. The van der Waals surface area contributed by atoms with Crippen molar-refractivity contribution in [2.24, 2.45) is 5.92 Å². The molecule has 6 heteroatoms. The number of amides is 1. The van der Waals surface area contributed by atoms with E-state index in [1.54, 1.807) is 24.3 Å². The van der Waals surface area contributed by atoms with Crippen molar-refractivity contribution < 1.29 is 4.79 Å². The average molecular weight is 384 g/mol. The normalized spacial score (nSPS) is 11.1. The lowest BCUT2D eigenvalue weighted by Crippen LogP contribution is -2.32. The molecule has 0 saturated heterocycles. The van der Waals surface area contributed by atoms with Gasteiger partial charge in [0.25, 0.3) is 11.5 Å². The minimum absolute atomic E-state index is 0.169. The van der Waals surface area contributed by atoms with Crippen LogP contribution < -0.4 is 10.9 Å². The lowest BCUT2D eigenvalue weighted by Gasteiger charge is -2.12. The van der Waals surface area contributed by atoms with E-state index in [0.29, 0.717) is 35.3 Å². The summed E-state index contributed by atoms with van der Waals surface area (Å²) in [5, 5.41) is 9.03. The summed E-state index contributed by atoms with van der Waals surface area (Å²) in [7, 11) is 0. The van der Waals surface area contributed by atoms with Crippen LogP contribution in [0.5, 0.6) is 0 Å². The molecule has 1 amide bonds. The SMILES string of the molecule is CC(C)Cn1nc(C(=O)NCCc2ccc(Cl)cc2)c2ccccc2c1=O. The van der Waals surface area contributed by atoms with Gasteiger partial charge < -0.3 is 5.32 Å². The van der Waals surface area contributed by atoms with Gasteiger partial charge in [-0.15, -0.1) is 0 Å². The molecular weight excluding hydrogens is 362 g/mol. The molecule has 27 heavy (non-hydrogen) atoms. The molecule has 1 aromatic heterocycles. The molecule has 0 radical (unpaired) electrons. The summed E-state index contributed by atoms with van der Waals surface area (Å²) in [4.78, 5) is 25.4. The Kier molecular flexibility index (Phi) is 5.91. The second kappa shape index (κ2) is 8.35. The zero-order chi connectivity index (χ0) is 19.4. The van der Waals surface area contributed by atoms with E-state index in [9.17, 15) is 9.59 Å². The Labute approximate surface area is 163 Å². The van der Waals surface area contributed by atoms with Crippen LogP contribution in [-0.4, -0.2) is 22.2 Å². The van der Waals surface area contributed by atoms with E-state index in [-0.39, 0.29) is 23.1 Å². The summed E-state index contributed by atoms with van der Waals surface area (Å²) in [6.07, 6.45) is 0.687. The van der Waals surface area contributed by atoms with Crippen molar-refractivity contribution in [2.75, 3.05) is 6.54 Å². The van der Waals surface area contributed by atoms with Gasteiger partial charge in [-0.05, 0) is 36.1 Å². The highest BCUT2D eigenvalue weighted by molar-refractivity contribution is 6.30. The summed E-state index contributed by atoms with van der Waals surface area (Å²) >= 11 is 5.89. The molecule has 3 rings (SSSR count). The van der Waals surface area contributed by atoms with Crippen molar-refractivity contribution in [2.45, 2.75) is 26.8 Å². The lowest BCUT2D eigenvalue weighted by molar-refractivity contribution is 0.0948. The van der Waals surface area contributed by atoms with Crippen LogP contribution in [-0.2, 0) is 13.0 Å². The molecular formula is C21H22ClN3O2. The Morgan fingerprint density at radius 3 is 2.44 bits per heavy atom. The number of rotatable bonds is 6. The summed E-state index contributed by atoms with van der Waals surface area (Å²) in [6, 6.07) is 14.6. The van der Waals surface area contributed by atoms with E-state index in [1.807, 2.05) is 38.1 Å². The molecule has 1 N–H and O–H groups in total. The summed E-state index contributed by atoms with van der Waals surface area (Å²) < 4.78 is 1.39. The van der Waals surface area contributed by atoms with Crippen molar-refractivity contribution in [1.82, 2.24) is 15.1 Å².